The van der Waals surface area contributed by atoms with Gasteiger partial charge in [0.1, 0.15) is 5.82 Å². The van der Waals surface area contributed by atoms with Crippen molar-refractivity contribution in [2.45, 2.75) is 52.6 Å². The van der Waals surface area contributed by atoms with Gasteiger partial charge in [0.05, 0.1) is 11.3 Å². The lowest BCUT2D eigenvalue weighted by Crippen LogP contribution is -2.26. The van der Waals surface area contributed by atoms with Crippen LogP contribution in [-0.4, -0.2) is 22.7 Å². The Balaban J connectivity index is 2.16. The Hall–Kier alpha value is -0.830. The standard InChI is InChI=1S/C14H24N2O/c1-9-6-11-12(7-10(9)2)16-13(15-11)8-14(3,4)17-5/h9-10H,6-8H2,1-5H3,(H,15,16). The predicted molar refractivity (Wildman–Crippen MR) is 69.1 cm³/mol. The third kappa shape index (κ3) is 2.71. The van der Waals surface area contributed by atoms with Gasteiger partial charge in [-0.2, -0.15) is 0 Å². The zero-order valence-corrected chi connectivity index (χ0v) is 11.6. The molecule has 1 heterocycles. The molecule has 2 rings (SSSR count). The molecule has 3 nitrogen and oxygen atoms in total. The van der Waals surface area contributed by atoms with Crippen LogP contribution in [0, 0.1) is 11.8 Å². The maximum atomic E-state index is 5.46. The molecule has 0 amide bonds. The minimum absolute atomic E-state index is 0.141. The van der Waals surface area contributed by atoms with E-state index in [-0.39, 0.29) is 5.60 Å². The van der Waals surface area contributed by atoms with Gasteiger partial charge in [0.15, 0.2) is 0 Å². The van der Waals surface area contributed by atoms with E-state index < -0.39 is 0 Å². The summed E-state index contributed by atoms with van der Waals surface area (Å²) in [6.07, 6.45) is 3.09. The van der Waals surface area contributed by atoms with Crippen molar-refractivity contribution in [3.63, 3.8) is 0 Å². The average molecular weight is 236 g/mol. The van der Waals surface area contributed by atoms with E-state index in [0.29, 0.717) is 0 Å². The fourth-order valence-electron chi connectivity index (χ4n) is 2.43. The van der Waals surface area contributed by atoms with Crippen molar-refractivity contribution < 1.29 is 4.74 Å². The summed E-state index contributed by atoms with van der Waals surface area (Å²) in [5.74, 6) is 2.57. The molecule has 1 aromatic heterocycles. The fourth-order valence-corrected chi connectivity index (χ4v) is 2.43. The highest BCUT2D eigenvalue weighted by Crippen LogP contribution is 2.29. The molecule has 0 saturated heterocycles. The molecule has 0 spiro atoms. The van der Waals surface area contributed by atoms with Gasteiger partial charge >= 0.3 is 0 Å². The van der Waals surface area contributed by atoms with Crippen LogP contribution in [0.5, 0.6) is 0 Å². The highest BCUT2D eigenvalue weighted by atomic mass is 16.5. The van der Waals surface area contributed by atoms with Crippen molar-refractivity contribution >= 4 is 0 Å². The van der Waals surface area contributed by atoms with Crippen molar-refractivity contribution in [2.75, 3.05) is 7.11 Å². The molecule has 0 saturated carbocycles. The van der Waals surface area contributed by atoms with E-state index >= 15 is 0 Å². The SMILES string of the molecule is COC(C)(C)Cc1nc2c([nH]1)CC(C)C(C)C2. The van der Waals surface area contributed by atoms with Crippen LogP contribution < -0.4 is 0 Å². The summed E-state index contributed by atoms with van der Waals surface area (Å²) in [4.78, 5) is 8.22. The summed E-state index contributed by atoms with van der Waals surface area (Å²) in [7, 11) is 1.76. The lowest BCUT2D eigenvalue weighted by molar-refractivity contribution is 0.0217. The lowest BCUT2D eigenvalue weighted by Gasteiger charge is -2.24. The van der Waals surface area contributed by atoms with Crippen LogP contribution in [0.4, 0.5) is 0 Å². The van der Waals surface area contributed by atoms with Crippen LogP contribution in [-0.2, 0) is 24.0 Å². The molecule has 96 valence electrons. The number of nitrogens with one attached hydrogen (secondary N) is 1. The molecule has 2 atom stereocenters. The third-order valence-electron chi connectivity index (χ3n) is 4.07. The number of aromatic nitrogens is 2. The van der Waals surface area contributed by atoms with Crippen LogP contribution in [0.25, 0.3) is 0 Å². The number of imidazole rings is 1. The van der Waals surface area contributed by atoms with E-state index in [4.69, 9.17) is 9.72 Å². The first-order valence-electron chi connectivity index (χ1n) is 6.53. The zero-order valence-electron chi connectivity index (χ0n) is 11.6. The highest BCUT2D eigenvalue weighted by Gasteiger charge is 2.26. The van der Waals surface area contributed by atoms with E-state index in [9.17, 15) is 0 Å². The zero-order chi connectivity index (χ0) is 12.6. The van der Waals surface area contributed by atoms with Crippen molar-refractivity contribution in [2.24, 2.45) is 11.8 Å². The monoisotopic (exact) mass is 236 g/mol. The molecule has 0 aromatic carbocycles. The molecular formula is C14H24N2O. The van der Waals surface area contributed by atoms with E-state index in [0.717, 1.165) is 36.9 Å². The van der Waals surface area contributed by atoms with Gasteiger partial charge in [0.2, 0.25) is 0 Å². The first kappa shape index (κ1) is 12.6. The largest absolute Gasteiger partial charge is 0.378 e. The van der Waals surface area contributed by atoms with Gasteiger partial charge in [-0.15, -0.1) is 0 Å². The molecule has 1 aromatic rings. The van der Waals surface area contributed by atoms with E-state index in [1.165, 1.54) is 11.4 Å². The van der Waals surface area contributed by atoms with Gasteiger partial charge in [-0.25, -0.2) is 4.98 Å². The van der Waals surface area contributed by atoms with Crippen molar-refractivity contribution in [1.82, 2.24) is 9.97 Å². The number of hydrogen-bond acceptors (Lipinski definition) is 2. The molecule has 0 radical (unpaired) electrons. The fraction of sp³-hybridized carbons (Fsp3) is 0.786. The second-order valence-electron chi connectivity index (χ2n) is 6.11. The Morgan fingerprint density at radius 1 is 1.29 bits per heavy atom. The minimum atomic E-state index is -0.141. The maximum Gasteiger partial charge on any atom is 0.109 e. The summed E-state index contributed by atoms with van der Waals surface area (Å²) in [6.45, 7) is 8.84. The average Bonchev–Trinajstić information content (AvgIpc) is 2.59. The predicted octanol–water partition coefficient (Wildman–Crippen LogP) is 2.75. The Morgan fingerprint density at radius 3 is 2.59 bits per heavy atom. The van der Waals surface area contributed by atoms with Crippen LogP contribution in [0.15, 0.2) is 0 Å². The summed E-state index contributed by atoms with van der Waals surface area (Å²) < 4.78 is 5.46. The number of fused-ring (bicyclic) bond motifs is 1. The number of ether oxygens (including phenoxy) is 1. The molecule has 1 aliphatic rings. The quantitative estimate of drug-likeness (QED) is 0.876. The van der Waals surface area contributed by atoms with Gasteiger partial charge in [0, 0.05) is 19.2 Å². The number of rotatable bonds is 3. The van der Waals surface area contributed by atoms with Crippen LogP contribution in [0.3, 0.4) is 0 Å². The summed E-state index contributed by atoms with van der Waals surface area (Å²) in [6, 6.07) is 0. The second-order valence-corrected chi connectivity index (χ2v) is 6.11. The molecule has 3 heteroatoms. The molecule has 17 heavy (non-hydrogen) atoms. The highest BCUT2D eigenvalue weighted by molar-refractivity contribution is 5.20. The molecule has 0 bridgehead atoms. The van der Waals surface area contributed by atoms with E-state index in [1.807, 2.05) is 0 Å². The minimum Gasteiger partial charge on any atom is -0.378 e. The molecule has 0 fully saturated rings. The summed E-state index contributed by atoms with van der Waals surface area (Å²) in [5, 5.41) is 0. The lowest BCUT2D eigenvalue weighted by atomic mass is 9.82. The molecule has 1 N–H and O–H groups in total. The molecular weight excluding hydrogens is 212 g/mol. The van der Waals surface area contributed by atoms with Gasteiger partial charge in [0.25, 0.3) is 0 Å². The van der Waals surface area contributed by atoms with Crippen molar-refractivity contribution in [1.29, 1.82) is 0 Å². The maximum absolute atomic E-state index is 5.46. The first-order chi connectivity index (χ1) is 7.91. The van der Waals surface area contributed by atoms with Gasteiger partial charge in [-0.3, -0.25) is 0 Å². The summed E-state index contributed by atoms with van der Waals surface area (Å²) >= 11 is 0. The van der Waals surface area contributed by atoms with Crippen LogP contribution >= 0.6 is 0 Å². The van der Waals surface area contributed by atoms with Crippen LogP contribution in [0.2, 0.25) is 0 Å². The Labute approximate surface area is 104 Å². The summed E-state index contributed by atoms with van der Waals surface area (Å²) in [5.41, 5.74) is 2.48. The number of nitrogens with zero attached hydrogens (tertiary/aromatic N) is 1. The first-order valence-corrected chi connectivity index (χ1v) is 6.53. The third-order valence-corrected chi connectivity index (χ3v) is 4.07. The van der Waals surface area contributed by atoms with Gasteiger partial charge in [-0.1, -0.05) is 13.8 Å². The molecule has 0 aliphatic heterocycles. The number of methoxy groups -OCH3 is 1. The normalized spacial score (nSPS) is 24.8. The smallest absolute Gasteiger partial charge is 0.109 e. The van der Waals surface area contributed by atoms with Crippen molar-refractivity contribution in [3.05, 3.63) is 17.2 Å². The van der Waals surface area contributed by atoms with Crippen molar-refractivity contribution in [3.8, 4) is 0 Å². The Kier molecular flexibility index (Phi) is 3.30. The number of aromatic amines is 1. The van der Waals surface area contributed by atoms with E-state index in [2.05, 4.69) is 32.7 Å². The van der Waals surface area contributed by atoms with Crippen LogP contribution in [0.1, 0.15) is 44.9 Å². The Bertz CT molecular complexity index is 367. The number of H-pyrrole nitrogens is 1. The van der Waals surface area contributed by atoms with Gasteiger partial charge in [-0.05, 0) is 38.5 Å². The second kappa shape index (κ2) is 4.45. The molecule has 2 unspecified atom stereocenters. The number of hydrogen-bond donors (Lipinski definition) is 1. The van der Waals surface area contributed by atoms with E-state index in [1.54, 1.807) is 7.11 Å². The van der Waals surface area contributed by atoms with Gasteiger partial charge < -0.3 is 9.72 Å². The Morgan fingerprint density at radius 2 is 1.94 bits per heavy atom. The molecule has 1 aliphatic carbocycles. The topological polar surface area (TPSA) is 37.9 Å².